The number of hydrogen-bond donors (Lipinski definition) is 1. The molecule has 1 N–H and O–H groups in total. The number of ether oxygens (including phenoxy) is 2. The third-order valence-electron chi connectivity index (χ3n) is 4.39. The predicted octanol–water partition coefficient (Wildman–Crippen LogP) is 4.08. The van der Waals surface area contributed by atoms with Gasteiger partial charge in [0.1, 0.15) is 35.5 Å². The van der Waals surface area contributed by atoms with Gasteiger partial charge in [-0.3, -0.25) is 4.79 Å². The Bertz CT molecular complexity index is 954. The summed E-state index contributed by atoms with van der Waals surface area (Å²) in [5, 5.41) is 11.9. The van der Waals surface area contributed by atoms with Gasteiger partial charge in [-0.25, -0.2) is 0 Å². The van der Waals surface area contributed by atoms with Crippen molar-refractivity contribution in [3.8, 4) is 11.8 Å². The van der Waals surface area contributed by atoms with Crippen LogP contribution in [-0.4, -0.2) is 25.2 Å². The standard InChI is InChI=1S/C21H19F3N2O4/c22-21(23,24)15-3-1-4-16(10-15)29-13-19-7-6-17(30-19)9-14(11-25)20(27)26-12-18-5-2-8-28-18/h1,3-4,6-7,9-10,18H,2,5,8,12-13H2,(H,26,27)/b14-9+/t18-/m1/s1. The maximum absolute atomic E-state index is 12.8. The summed E-state index contributed by atoms with van der Waals surface area (Å²) >= 11 is 0. The van der Waals surface area contributed by atoms with Crippen LogP contribution in [0.1, 0.15) is 29.9 Å². The van der Waals surface area contributed by atoms with E-state index in [0.29, 0.717) is 18.9 Å². The summed E-state index contributed by atoms with van der Waals surface area (Å²) in [7, 11) is 0. The van der Waals surface area contributed by atoms with Crippen LogP contribution < -0.4 is 10.1 Å². The molecular weight excluding hydrogens is 401 g/mol. The lowest BCUT2D eigenvalue weighted by atomic mass is 10.2. The largest absolute Gasteiger partial charge is 0.486 e. The van der Waals surface area contributed by atoms with Crippen molar-refractivity contribution < 1.29 is 31.9 Å². The van der Waals surface area contributed by atoms with Crippen molar-refractivity contribution >= 4 is 12.0 Å². The minimum Gasteiger partial charge on any atom is -0.486 e. The molecule has 1 aliphatic rings. The molecular formula is C21H19F3N2O4. The van der Waals surface area contributed by atoms with Crippen LogP contribution in [0.3, 0.4) is 0 Å². The number of benzene rings is 1. The first-order chi connectivity index (χ1) is 14.3. The van der Waals surface area contributed by atoms with E-state index >= 15 is 0 Å². The first-order valence-electron chi connectivity index (χ1n) is 9.25. The summed E-state index contributed by atoms with van der Waals surface area (Å²) in [6.07, 6.45) is -1.41. The highest BCUT2D eigenvalue weighted by molar-refractivity contribution is 6.01. The zero-order valence-electron chi connectivity index (χ0n) is 15.9. The van der Waals surface area contributed by atoms with Gasteiger partial charge in [0.25, 0.3) is 5.91 Å². The quantitative estimate of drug-likeness (QED) is 0.539. The Morgan fingerprint density at radius 2 is 2.17 bits per heavy atom. The molecule has 9 heteroatoms. The van der Waals surface area contributed by atoms with E-state index in [-0.39, 0.29) is 29.8 Å². The second-order valence-electron chi connectivity index (χ2n) is 6.63. The zero-order valence-corrected chi connectivity index (χ0v) is 15.9. The van der Waals surface area contributed by atoms with Gasteiger partial charge in [0.2, 0.25) is 0 Å². The molecule has 0 saturated carbocycles. The minimum absolute atomic E-state index is 0.0443. The fraction of sp³-hybridized carbons (Fsp3) is 0.333. The van der Waals surface area contributed by atoms with Gasteiger partial charge in [0, 0.05) is 19.2 Å². The summed E-state index contributed by atoms with van der Waals surface area (Å²) in [5.41, 5.74) is -0.941. The van der Waals surface area contributed by atoms with Crippen molar-refractivity contribution in [3.63, 3.8) is 0 Å². The van der Waals surface area contributed by atoms with E-state index < -0.39 is 17.6 Å². The molecule has 0 unspecified atom stereocenters. The lowest BCUT2D eigenvalue weighted by Crippen LogP contribution is -2.32. The van der Waals surface area contributed by atoms with Crippen molar-refractivity contribution in [1.29, 1.82) is 5.26 Å². The van der Waals surface area contributed by atoms with E-state index in [1.807, 2.05) is 6.07 Å². The van der Waals surface area contributed by atoms with Crippen molar-refractivity contribution in [2.45, 2.75) is 31.7 Å². The molecule has 2 aromatic rings. The number of furan rings is 1. The second kappa shape index (κ2) is 9.50. The molecule has 30 heavy (non-hydrogen) atoms. The molecule has 2 heterocycles. The molecule has 1 aromatic carbocycles. The summed E-state index contributed by atoms with van der Waals surface area (Å²) in [5.74, 6) is 0.0906. The van der Waals surface area contributed by atoms with Gasteiger partial charge in [-0.1, -0.05) is 6.07 Å². The Morgan fingerprint density at radius 1 is 1.33 bits per heavy atom. The zero-order chi connectivity index (χ0) is 21.6. The van der Waals surface area contributed by atoms with E-state index in [9.17, 15) is 23.2 Å². The number of carbonyl (C=O) groups is 1. The maximum Gasteiger partial charge on any atom is 0.416 e. The highest BCUT2D eigenvalue weighted by Gasteiger charge is 2.30. The van der Waals surface area contributed by atoms with Crippen LogP contribution in [0.15, 0.2) is 46.4 Å². The lowest BCUT2D eigenvalue weighted by Gasteiger charge is -2.10. The number of amides is 1. The fourth-order valence-electron chi connectivity index (χ4n) is 2.86. The molecule has 1 atom stereocenters. The number of carbonyl (C=O) groups excluding carboxylic acids is 1. The summed E-state index contributed by atoms with van der Waals surface area (Å²) in [6, 6.07) is 9.43. The average Bonchev–Trinajstić information content (AvgIpc) is 3.40. The molecule has 1 aromatic heterocycles. The minimum atomic E-state index is -4.46. The molecule has 1 saturated heterocycles. The van der Waals surface area contributed by atoms with E-state index in [1.54, 1.807) is 6.07 Å². The van der Waals surface area contributed by atoms with Crippen LogP contribution in [0.2, 0.25) is 0 Å². The van der Waals surface area contributed by atoms with Gasteiger partial charge in [-0.2, -0.15) is 18.4 Å². The lowest BCUT2D eigenvalue weighted by molar-refractivity contribution is -0.137. The Hall–Kier alpha value is -3.25. The SMILES string of the molecule is N#C/C(=C\c1ccc(COc2cccc(C(F)(F)F)c2)o1)C(=O)NC[C@H]1CCCO1. The highest BCUT2D eigenvalue weighted by atomic mass is 19.4. The van der Waals surface area contributed by atoms with Crippen molar-refractivity contribution in [3.05, 3.63) is 59.1 Å². The number of alkyl halides is 3. The van der Waals surface area contributed by atoms with Crippen LogP contribution in [0.25, 0.3) is 6.08 Å². The van der Waals surface area contributed by atoms with Crippen molar-refractivity contribution in [2.75, 3.05) is 13.2 Å². The molecule has 1 aliphatic heterocycles. The number of nitrogens with one attached hydrogen (secondary N) is 1. The van der Waals surface area contributed by atoms with Crippen molar-refractivity contribution in [1.82, 2.24) is 5.32 Å². The van der Waals surface area contributed by atoms with Crippen LogP contribution in [-0.2, 0) is 22.3 Å². The molecule has 6 nitrogen and oxygen atoms in total. The molecule has 0 spiro atoms. The van der Waals surface area contributed by atoms with Gasteiger partial charge < -0.3 is 19.2 Å². The maximum atomic E-state index is 12.8. The molecule has 1 fully saturated rings. The highest BCUT2D eigenvalue weighted by Crippen LogP contribution is 2.31. The van der Waals surface area contributed by atoms with E-state index in [1.165, 1.54) is 24.3 Å². The van der Waals surface area contributed by atoms with Gasteiger partial charge >= 0.3 is 6.18 Å². The molecule has 3 rings (SSSR count). The number of halogens is 3. The summed E-state index contributed by atoms with van der Waals surface area (Å²) in [6.45, 7) is 0.883. The molecule has 0 aliphatic carbocycles. The Balaban J connectivity index is 1.58. The average molecular weight is 420 g/mol. The third kappa shape index (κ3) is 5.87. The van der Waals surface area contributed by atoms with Crippen LogP contribution >= 0.6 is 0 Å². The number of hydrogen-bond acceptors (Lipinski definition) is 5. The number of rotatable bonds is 7. The van der Waals surface area contributed by atoms with Gasteiger partial charge in [0.15, 0.2) is 0 Å². The summed E-state index contributed by atoms with van der Waals surface area (Å²) < 4.78 is 54.5. The predicted molar refractivity (Wildman–Crippen MR) is 100 cm³/mol. The normalized spacial score (nSPS) is 16.9. The van der Waals surface area contributed by atoms with Gasteiger partial charge in [0.05, 0.1) is 11.7 Å². The molecule has 1 amide bonds. The Morgan fingerprint density at radius 3 is 2.87 bits per heavy atom. The smallest absolute Gasteiger partial charge is 0.416 e. The molecule has 0 bridgehead atoms. The topological polar surface area (TPSA) is 84.5 Å². The van der Waals surface area contributed by atoms with Crippen molar-refractivity contribution in [2.24, 2.45) is 0 Å². The number of nitrogens with zero attached hydrogens (tertiary/aromatic N) is 1. The molecule has 158 valence electrons. The monoisotopic (exact) mass is 420 g/mol. The van der Waals surface area contributed by atoms with Crippen LogP contribution in [0.5, 0.6) is 5.75 Å². The fourth-order valence-corrected chi connectivity index (χ4v) is 2.86. The Kier molecular flexibility index (Phi) is 6.79. The second-order valence-corrected chi connectivity index (χ2v) is 6.63. The van der Waals surface area contributed by atoms with Crippen LogP contribution in [0.4, 0.5) is 13.2 Å². The molecule has 0 radical (unpaired) electrons. The number of nitriles is 1. The van der Waals surface area contributed by atoms with Gasteiger partial charge in [-0.15, -0.1) is 0 Å². The first-order valence-corrected chi connectivity index (χ1v) is 9.25. The van der Waals surface area contributed by atoms with Gasteiger partial charge in [-0.05, 0) is 43.2 Å². The summed E-state index contributed by atoms with van der Waals surface area (Å²) in [4.78, 5) is 12.2. The Labute approximate surface area is 170 Å². The third-order valence-corrected chi connectivity index (χ3v) is 4.39. The van der Waals surface area contributed by atoms with E-state index in [0.717, 1.165) is 25.0 Å². The van der Waals surface area contributed by atoms with Crippen LogP contribution in [0, 0.1) is 11.3 Å². The van der Waals surface area contributed by atoms with E-state index in [2.05, 4.69) is 5.32 Å². The van der Waals surface area contributed by atoms with E-state index in [4.69, 9.17) is 13.9 Å². The first kappa shape index (κ1) is 21.5.